The quantitative estimate of drug-likeness (QED) is 0.0671. The van der Waals surface area contributed by atoms with Crippen LogP contribution in [0.4, 0.5) is 0 Å². The van der Waals surface area contributed by atoms with Crippen LogP contribution in [0.3, 0.4) is 0 Å². The van der Waals surface area contributed by atoms with E-state index in [0.29, 0.717) is 59.0 Å². The minimum absolute atomic E-state index is 0.232. The number of carbonyl (C=O) groups is 4. The van der Waals surface area contributed by atoms with Gasteiger partial charge in [-0.2, -0.15) is 25.3 Å². The fourth-order valence-electron chi connectivity index (χ4n) is 2.13. The summed E-state index contributed by atoms with van der Waals surface area (Å²) < 4.78 is 19.9. The summed E-state index contributed by atoms with van der Waals surface area (Å²) >= 11 is 11.3. The molecule has 0 N–H and O–H groups in total. The zero-order valence-corrected chi connectivity index (χ0v) is 22.4. The average Bonchev–Trinajstić information content (AvgIpc) is 2.78. The Balaban J connectivity index is -0.000000597. The molecule has 10 nitrogen and oxygen atoms in total. The van der Waals surface area contributed by atoms with Crippen LogP contribution in [0.1, 0.15) is 13.8 Å². The number of methoxy groups -OCH3 is 1. The predicted molar refractivity (Wildman–Crippen MR) is 135 cm³/mol. The Hall–Kier alpha value is -0.990. The zero-order chi connectivity index (χ0) is 25.8. The molecule has 0 saturated carbocycles. The summed E-state index contributed by atoms with van der Waals surface area (Å²) in [5.41, 5.74) is -0.572. The van der Waals surface area contributed by atoms with Gasteiger partial charge in [0.1, 0.15) is 20.0 Å². The maximum atomic E-state index is 11.0. The van der Waals surface area contributed by atoms with Gasteiger partial charge in [-0.1, -0.05) is 0 Å². The van der Waals surface area contributed by atoms with Gasteiger partial charge >= 0.3 is 11.9 Å². The SMILES string of the molecule is C=O.COCCN(CCOC(C)=O)CCN(CCOC=O)C[C@H](S)OC(C)=O.CS.CS. The standard InChI is InChI=1S/C16H30N2O7S.CH2O.2CH4S/c1-14(20)24-11-8-17(6-9-22-3)4-5-18(7-10-23-13-19)12-16(26)25-15(2)21;3*1-2/h13,16,26H,4-12H2,1-3H3;1H2;2*2H,1H3/t16-;;;/m0.../s1. The molecule has 0 aromatic heterocycles. The summed E-state index contributed by atoms with van der Waals surface area (Å²) in [6, 6.07) is 0. The van der Waals surface area contributed by atoms with Crippen LogP contribution in [0.15, 0.2) is 0 Å². The van der Waals surface area contributed by atoms with E-state index in [1.165, 1.54) is 13.8 Å². The molecule has 0 aromatic carbocycles. The van der Waals surface area contributed by atoms with Crippen molar-refractivity contribution in [2.24, 2.45) is 0 Å². The van der Waals surface area contributed by atoms with Crippen molar-refractivity contribution in [3.63, 3.8) is 0 Å². The molecule has 0 radical (unpaired) electrons. The third-order valence-corrected chi connectivity index (χ3v) is 3.64. The second-order valence-electron chi connectivity index (χ2n) is 5.51. The lowest BCUT2D eigenvalue weighted by Gasteiger charge is -2.28. The van der Waals surface area contributed by atoms with Crippen molar-refractivity contribution < 1.29 is 38.1 Å². The smallest absolute Gasteiger partial charge is 0.303 e. The van der Waals surface area contributed by atoms with E-state index in [1.807, 2.05) is 11.7 Å². The molecule has 0 amide bonds. The van der Waals surface area contributed by atoms with Gasteiger partial charge in [-0.25, -0.2) is 0 Å². The summed E-state index contributed by atoms with van der Waals surface area (Å²) in [5.74, 6) is -0.721. The number of nitrogens with zero attached hydrogens (tertiary/aromatic N) is 2. The number of carbonyl (C=O) groups excluding carboxylic acids is 4. The molecule has 0 spiro atoms. The van der Waals surface area contributed by atoms with E-state index in [2.05, 4.69) is 42.8 Å². The molecule has 0 saturated heterocycles. The molecule has 1 atom stereocenters. The fraction of sp³-hybridized carbons (Fsp3) is 0.789. The molecular formula is C19H40N2O8S3. The Morgan fingerprint density at radius 3 is 1.84 bits per heavy atom. The molecule has 0 bridgehead atoms. The largest absolute Gasteiger partial charge is 0.467 e. The summed E-state index contributed by atoms with van der Waals surface area (Å²) in [6.07, 6.45) is 3.39. The van der Waals surface area contributed by atoms with Crippen LogP contribution >= 0.6 is 37.9 Å². The molecule has 0 heterocycles. The van der Waals surface area contributed by atoms with E-state index < -0.39 is 11.4 Å². The summed E-state index contributed by atoms with van der Waals surface area (Å²) in [7, 11) is 1.62. The van der Waals surface area contributed by atoms with Gasteiger partial charge in [0.2, 0.25) is 0 Å². The zero-order valence-electron chi connectivity index (χ0n) is 19.7. The van der Waals surface area contributed by atoms with Crippen LogP contribution in [0.5, 0.6) is 0 Å². The van der Waals surface area contributed by atoms with Crippen LogP contribution in [0.25, 0.3) is 0 Å². The summed E-state index contributed by atoms with van der Waals surface area (Å²) in [6.45, 7) is 9.62. The van der Waals surface area contributed by atoms with Gasteiger partial charge in [-0.05, 0) is 12.5 Å². The molecule has 0 fully saturated rings. The highest BCUT2D eigenvalue weighted by atomic mass is 32.1. The highest BCUT2D eigenvalue weighted by Crippen LogP contribution is 2.03. The predicted octanol–water partition coefficient (Wildman–Crippen LogP) is 0.699. The van der Waals surface area contributed by atoms with Crippen molar-refractivity contribution in [2.75, 3.05) is 78.7 Å². The Morgan fingerprint density at radius 2 is 1.38 bits per heavy atom. The number of hydrogen-bond donors (Lipinski definition) is 3. The molecule has 192 valence electrons. The second kappa shape index (κ2) is 32.2. The average molecular weight is 521 g/mol. The van der Waals surface area contributed by atoms with Crippen LogP contribution in [-0.4, -0.2) is 119 Å². The van der Waals surface area contributed by atoms with E-state index in [9.17, 15) is 14.4 Å². The lowest BCUT2D eigenvalue weighted by molar-refractivity contribution is -0.143. The van der Waals surface area contributed by atoms with E-state index >= 15 is 0 Å². The van der Waals surface area contributed by atoms with Gasteiger partial charge in [0.15, 0.2) is 5.44 Å². The second-order valence-corrected chi connectivity index (χ2v) is 6.08. The molecule has 0 aliphatic carbocycles. The summed E-state index contributed by atoms with van der Waals surface area (Å²) in [4.78, 5) is 44.3. The van der Waals surface area contributed by atoms with Gasteiger partial charge in [-0.3, -0.25) is 24.2 Å². The first kappa shape index (κ1) is 38.3. The van der Waals surface area contributed by atoms with Crippen molar-refractivity contribution in [3.05, 3.63) is 0 Å². The maximum Gasteiger partial charge on any atom is 0.303 e. The van der Waals surface area contributed by atoms with E-state index in [1.54, 1.807) is 19.6 Å². The van der Waals surface area contributed by atoms with Gasteiger partial charge in [-0.15, -0.1) is 12.6 Å². The molecule has 0 aliphatic rings. The van der Waals surface area contributed by atoms with E-state index in [4.69, 9.17) is 23.7 Å². The van der Waals surface area contributed by atoms with Gasteiger partial charge in [0.25, 0.3) is 6.47 Å². The monoisotopic (exact) mass is 520 g/mol. The Labute approximate surface area is 208 Å². The third-order valence-electron chi connectivity index (χ3n) is 3.37. The van der Waals surface area contributed by atoms with Crippen LogP contribution < -0.4 is 0 Å². The van der Waals surface area contributed by atoms with Crippen LogP contribution in [0, 0.1) is 0 Å². The molecular weight excluding hydrogens is 480 g/mol. The maximum absolute atomic E-state index is 11.0. The fourth-order valence-corrected chi connectivity index (χ4v) is 2.51. The lowest BCUT2D eigenvalue weighted by Crippen LogP contribution is -2.42. The molecule has 0 aliphatic heterocycles. The molecule has 32 heavy (non-hydrogen) atoms. The minimum Gasteiger partial charge on any atom is -0.467 e. The highest BCUT2D eigenvalue weighted by molar-refractivity contribution is 7.80. The molecule has 13 heteroatoms. The van der Waals surface area contributed by atoms with E-state index in [-0.39, 0.29) is 12.6 Å². The van der Waals surface area contributed by atoms with Crippen molar-refractivity contribution in [2.45, 2.75) is 19.3 Å². The van der Waals surface area contributed by atoms with Crippen LogP contribution in [-0.2, 0) is 38.1 Å². The number of hydrogen-bond acceptors (Lipinski definition) is 13. The third kappa shape index (κ3) is 31.2. The Bertz CT molecular complexity index is 437. The first-order chi connectivity index (χ1) is 15.4. The number of rotatable bonds is 16. The first-order valence-corrected chi connectivity index (χ1v) is 11.9. The van der Waals surface area contributed by atoms with Crippen molar-refractivity contribution in [1.29, 1.82) is 0 Å². The van der Waals surface area contributed by atoms with Crippen molar-refractivity contribution in [3.8, 4) is 0 Å². The van der Waals surface area contributed by atoms with E-state index in [0.717, 1.165) is 0 Å². The topological polar surface area (TPSA) is 112 Å². The highest BCUT2D eigenvalue weighted by Gasteiger charge is 2.15. The number of ether oxygens (including phenoxy) is 4. The Morgan fingerprint density at radius 1 is 0.875 bits per heavy atom. The molecule has 0 unspecified atom stereocenters. The van der Waals surface area contributed by atoms with Gasteiger partial charge in [0, 0.05) is 60.2 Å². The van der Waals surface area contributed by atoms with Gasteiger partial charge in [0.05, 0.1) is 6.61 Å². The minimum atomic E-state index is -0.572. The van der Waals surface area contributed by atoms with Crippen LogP contribution in [0.2, 0.25) is 0 Å². The summed E-state index contributed by atoms with van der Waals surface area (Å²) in [5, 5.41) is 0. The lowest BCUT2D eigenvalue weighted by atomic mass is 10.4. The first-order valence-electron chi connectivity index (χ1n) is 9.54. The normalized spacial score (nSPS) is 10.3. The van der Waals surface area contributed by atoms with Crippen molar-refractivity contribution in [1.82, 2.24) is 9.80 Å². The van der Waals surface area contributed by atoms with Gasteiger partial charge < -0.3 is 23.7 Å². The molecule has 0 aromatic rings. The van der Waals surface area contributed by atoms with Crippen molar-refractivity contribution >= 4 is 63.1 Å². The number of thiol groups is 3. The Kier molecular flexibility index (Phi) is 38.5. The molecule has 0 rings (SSSR count). The number of esters is 2.